The van der Waals surface area contributed by atoms with Crippen LogP contribution in [0.2, 0.25) is 0 Å². The van der Waals surface area contributed by atoms with E-state index in [-0.39, 0.29) is 5.69 Å². The Bertz CT molecular complexity index is 671. The van der Waals surface area contributed by atoms with Crippen molar-refractivity contribution in [2.45, 2.75) is 13.8 Å². The molecule has 0 aliphatic heterocycles. The van der Waals surface area contributed by atoms with Crippen LogP contribution in [-0.4, -0.2) is 12.5 Å². The Balaban J connectivity index is 2.22. The second-order valence-electron chi connectivity index (χ2n) is 4.64. The van der Waals surface area contributed by atoms with Crippen LogP contribution < -0.4 is 10.6 Å². The fraction of sp³-hybridized carbons (Fsp3) is 0.188. The Hall–Kier alpha value is -2.43. The third-order valence-electron chi connectivity index (χ3n) is 3.03. The SMILES string of the molecule is CCNc1ccc(C(=O)Nc2cc(F)ccc2F)c(C)c1. The lowest BCUT2D eigenvalue weighted by molar-refractivity contribution is 0.102. The molecule has 0 saturated heterocycles. The van der Waals surface area contributed by atoms with Crippen molar-refractivity contribution in [3.8, 4) is 0 Å². The highest BCUT2D eigenvalue weighted by molar-refractivity contribution is 6.05. The van der Waals surface area contributed by atoms with Crippen LogP contribution in [0.25, 0.3) is 0 Å². The largest absolute Gasteiger partial charge is 0.385 e. The fourth-order valence-electron chi connectivity index (χ4n) is 2.02. The number of aryl methyl sites for hydroxylation is 1. The zero-order valence-electron chi connectivity index (χ0n) is 11.8. The first kappa shape index (κ1) is 15.0. The molecule has 0 saturated carbocycles. The summed E-state index contributed by atoms with van der Waals surface area (Å²) in [6, 6.07) is 8.19. The van der Waals surface area contributed by atoms with Crippen LogP contribution >= 0.6 is 0 Å². The van der Waals surface area contributed by atoms with E-state index in [2.05, 4.69) is 10.6 Å². The molecule has 5 heteroatoms. The number of amides is 1. The first-order valence-electron chi connectivity index (χ1n) is 6.62. The van der Waals surface area contributed by atoms with Crippen molar-refractivity contribution in [3.63, 3.8) is 0 Å². The van der Waals surface area contributed by atoms with Gasteiger partial charge in [-0.2, -0.15) is 0 Å². The Morgan fingerprint density at radius 1 is 1.14 bits per heavy atom. The second kappa shape index (κ2) is 6.35. The lowest BCUT2D eigenvalue weighted by atomic mass is 10.1. The van der Waals surface area contributed by atoms with E-state index in [4.69, 9.17) is 0 Å². The van der Waals surface area contributed by atoms with Crippen LogP contribution in [0.5, 0.6) is 0 Å². The third kappa shape index (κ3) is 3.56. The smallest absolute Gasteiger partial charge is 0.256 e. The van der Waals surface area contributed by atoms with Crippen LogP contribution in [0.15, 0.2) is 36.4 Å². The molecular weight excluding hydrogens is 274 g/mol. The highest BCUT2D eigenvalue weighted by atomic mass is 19.1. The molecule has 0 aromatic heterocycles. The molecule has 21 heavy (non-hydrogen) atoms. The average Bonchev–Trinajstić information content (AvgIpc) is 2.43. The molecule has 1 amide bonds. The van der Waals surface area contributed by atoms with Gasteiger partial charge in [0.1, 0.15) is 11.6 Å². The predicted molar refractivity (Wildman–Crippen MR) is 79.7 cm³/mol. The van der Waals surface area contributed by atoms with Gasteiger partial charge < -0.3 is 10.6 Å². The van der Waals surface area contributed by atoms with Gasteiger partial charge in [0, 0.05) is 23.9 Å². The standard InChI is InChI=1S/C16H16F2N2O/c1-3-19-12-5-6-13(10(2)8-12)16(21)20-15-9-11(17)4-7-14(15)18/h4-9,19H,3H2,1-2H3,(H,20,21). The zero-order valence-corrected chi connectivity index (χ0v) is 11.8. The molecular formula is C16H16F2N2O. The highest BCUT2D eigenvalue weighted by Gasteiger charge is 2.12. The first-order valence-corrected chi connectivity index (χ1v) is 6.62. The molecule has 0 fully saturated rings. The lowest BCUT2D eigenvalue weighted by Gasteiger charge is -2.11. The molecule has 0 aliphatic carbocycles. The molecule has 3 nitrogen and oxygen atoms in total. The van der Waals surface area contributed by atoms with Crippen molar-refractivity contribution in [3.05, 3.63) is 59.2 Å². The number of halogens is 2. The molecule has 2 aromatic carbocycles. The Kier molecular flexibility index (Phi) is 4.52. The van der Waals surface area contributed by atoms with E-state index in [1.807, 2.05) is 13.0 Å². The summed E-state index contributed by atoms with van der Waals surface area (Å²) < 4.78 is 26.6. The normalized spacial score (nSPS) is 10.3. The number of benzene rings is 2. The molecule has 0 spiro atoms. The molecule has 2 aromatic rings. The Morgan fingerprint density at radius 2 is 1.90 bits per heavy atom. The number of carbonyl (C=O) groups is 1. The minimum Gasteiger partial charge on any atom is -0.385 e. The van der Waals surface area contributed by atoms with Crippen molar-refractivity contribution >= 4 is 17.3 Å². The van der Waals surface area contributed by atoms with E-state index in [1.165, 1.54) is 0 Å². The second-order valence-corrected chi connectivity index (χ2v) is 4.64. The van der Waals surface area contributed by atoms with Crippen LogP contribution in [0.1, 0.15) is 22.8 Å². The van der Waals surface area contributed by atoms with E-state index in [0.717, 1.165) is 36.0 Å². The highest BCUT2D eigenvalue weighted by Crippen LogP contribution is 2.19. The van der Waals surface area contributed by atoms with Gasteiger partial charge in [0.2, 0.25) is 0 Å². The maximum atomic E-state index is 13.5. The number of nitrogens with one attached hydrogen (secondary N) is 2. The summed E-state index contributed by atoms with van der Waals surface area (Å²) in [6.45, 7) is 4.54. The molecule has 0 bridgehead atoms. The van der Waals surface area contributed by atoms with E-state index >= 15 is 0 Å². The van der Waals surface area contributed by atoms with Crippen LogP contribution in [-0.2, 0) is 0 Å². The van der Waals surface area contributed by atoms with Gasteiger partial charge in [0.05, 0.1) is 5.69 Å². The van der Waals surface area contributed by atoms with Crippen LogP contribution in [0, 0.1) is 18.6 Å². The number of anilines is 2. The molecule has 0 atom stereocenters. The summed E-state index contributed by atoms with van der Waals surface area (Å²) in [6.07, 6.45) is 0. The minimum absolute atomic E-state index is 0.171. The Morgan fingerprint density at radius 3 is 2.57 bits per heavy atom. The maximum Gasteiger partial charge on any atom is 0.256 e. The topological polar surface area (TPSA) is 41.1 Å². The summed E-state index contributed by atoms with van der Waals surface area (Å²) in [4.78, 5) is 12.1. The number of hydrogen-bond donors (Lipinski definition) is 2. The van der Waals surface area contributed by atoms with E-state index in [0.29, 0.717) is 5.56 Å². The van der Waals surface area contributed by atoms with E-state index in [9.17, 15) is 13.6 Å². The average molecular weight is 290 g/mol. The van der Waals surface area contributed by atoms with Crippen molar-refractivity contribution < 1.29 is 13.6 Å². The quantitative estimate of drug-likeness (QED) is 0.895. The van der Waals surface area contributed by atoms with Gasteiger partial charge in [-0.05, 0) is 49.7 Å². The van der Waals surface area contributed by atoms with Gasteiger partial charge in [-0.25, -0.2) is 8.78 Å². The minimum atomic E-state index is -0.674. The van der Waals surface area contributed by atoms with Gasteiger partial charge in [-0.15, -0.1) is 0 Å². The molecule has 0 aliphatic rings. The lowest BCUT2D eigenvalue weighted by Crippen LogP contribution is -2.14. The van der Waals surface area contributed by atoms with Gasteiger partial charge in [-0.3, -0.25) is 4.79 Å². The van der Waals surface area contributed by atoms with E-state index in [1.54, 1.807) is 19.1 Å². The summed E-state index contributed by atoms with van der Waals surface area (Å²) in [5.41, 5.74) is 1.90. The third-order valence-corrected chi connectivity index (χ3v) is 3.03. The van der Waals surface area contributed by atoms with Crippen LogP contribution in [0.4, 0.5) is 20.2 Å². The van der Waals surface area contributed by atoms with Crippen molar-refractivity contribution in [2.24, 2.45) is 0 Å². The molecule has 110 valence electrons. The monoisotopic (exact) mass is 290 g/mol. The molecule has 2 rings (SSSR count). The molecule has 0 heterocycles. The van der Waals surface area contributed by atoms with Crippen LogP contribution in [0.3, 0.4) is 0 Å². The van der Waals surface area contributed by atoms with E-state index < -0.39 is 17.5 Å². The predicted octanol–water partition coefficient (Wildman–Crippen LogP) is 3.96. The molecule has 2 N–H and O–H groups in total. The van der Waals surface area contributed by atoms with Gasteiger partial charge in [0.15, 0.2) is 0 Å². The zero-order chi connectivity index (χ0) is 15.4. The fourth-order valence-corrected chi connectivity index (χ4v) is 2.02. The summed E-state index contributed by atoms with van der Waals surface area (Å²) >= 11 is 0. The van der Waals surface area contributed by atoms with Crippen molar-refractivity contribution in [1.29, 1.82) is 0 Å². The van der Waals surface area contributed by atoms with Gasteiger partial charge >= 0.3 is 0 Å². The van der Waals surface area contributed by atoms with Crippen molar-refractivity contribution in [1.82, 2.24) is 0 Å². The Labute approximate surface area is 122 Å². The number of hydrogen-bond acceptors (Lipinski definition) is 2. The number of carbonyl (C=O) groups excluding carboxylic acids is 1. The van der Waals surface area contributed by atoms with Crippen molar-refractivity contribution in [2.75, 3.05) is 17.2 Å². The van der Waals surface area contributed by atoms with Gasteiger partial charge in [0.25, 0.3) is 5.91 Å². The summed E-state index contributed by atoms with van der Waals surface area (Å²) in [7, 11) is 0. The summed E-state index contributed by atoms with van der Waals surface area (Å²) in [5, 5.41) is 5.52. The number of rotatable bonds is 4. The summed E-state index contributed by atoms with van der Waals surface area (Å²) in [5.74, 6) is -1.75. The molecule has 0 radical (unpaired) electrons. The maximum absolute atomic E-state index is 13.5. The van der Waals surface area contributed by atoms with Gasteiger partial charge in [-0.1, -0.05) is 0 Å². The first-order chi connectivity index (χ1) is 10.0. The molecule has 0 unspecified atom stereocenters.